The van der Waals surface area contributed by atoms with E-state index in [1.165, 1.54) is 17.5 Å². The minimum absolute atomic E-state index is 0.0489. The summed E-state index contributed by atoms with van der Waals surface area (Å²) in [5.74, 6) is 0. The normalized spacial score (nSPS) is 14.5. The van der Waals surface area contributed by atoms with E-state index in [0.29, 0.717) is 0 Å². The number of hydrogen-bond acceptors (Lipinski definition) is 4. The Morgan fingerprint density at radius 3 is 2.53 bits per heavy atom. The van der Waals surface area contributed by atoms with E-state index in [2.05, 4.69) is 46.4 Å². The van der Waals surface area contributed by atoms with Gasteiger partial charge in [0.1, 0.15) is 6.33 Å². The van der Waals surface area contributed by atoms with Crippen LogP contribution in [0, 0.1) is 6.92 Å². The van der Waals surface area contributed by atoms with Gasteiger partial charge in [-0.1, -0.05) is 41.6 Å². The van der Waals surface area contributed by atoms with E-state index in [9.17, 15) is 0 Å². The molecule has 2 atom stereocenters. The Morgan fingerprint density at radius 1 is 1.29 bits per heavy atom. The van der Waals surface area contributed by atoms with Crippen molar-refractivity contribution in [1.82, 2.24) is 15.2 Å². The van der Waals surface area contributed by atoms with Crippen LogP contribution in [0.1, 0.15) is 23.3 Å². The molecule has 0 aliphatic heterocycles. The first kappa shape index (κ1) is 12.1. The Balaban J connectivity index is 2.20. The SMILES string of the molecule is Cc1ccc(C(Sc2ncn[nH]2)C(C)N)cc1. The molecule has 2 unspecified atom stereocenters. The van der Waals surface area contributed by atoms with Crippen molar-refractivity contribution in [2.75, 3.05) is 0 Å². The van der Waals surface area contributed by atoms with Crippen molar-refractivity contribution >= 4 is 11.8 Å². The number of benzene rings is 1. The summed E-state index contributed by atoms with van der Waals surface area (Å²) in [5, 5.41) is 7.68. The number of hydrogen-bond donors (Lipinski definition) is 2. The predicted molar refractivity (Wildman–Crippen MR) is 69.8 cm³/mol. The van der Waals surface area contributed by atoms with E-state index in [1.54, 1.807) is 11.8 Å². The van der Waals surface area contributed by atoms with Gasteiger partial charge in [-0.15, -0.1) is 0 Å². The highest BCUT2D eigenvalue weighted by Gasteiger charge is 2.18. The molecule has 0 amide bonds. The van der Waals surface area contributed by atoms with Crippen molar-refractivity contribution in [1.29, 1.82) is 0 Å². The van der Waals surface area contributed by atoms with Gasteiger partial charge in [-0.2, -0.15) is 5.10 Å². The number of aryl methyl sites for hydroxylation is 1. The highest BCUT2D eigenvalue weighted by Crippen LogP contribution is 2.35. The molecule has 0 saturated heterocycles. The third kappa shape index (κ3) is 3.08. The van der Waals surface area contributed by atoms with Crippen LogP contribution in [0.15, 0.2) is 35.7 Å². The summed E-state index contributed by atoms with van der Waals surface area (Å²) in [6.07, 6.45) is 1.51. The van der Waals surface area contributed by atoms with Crippen LogP contribution in [0.25, 0.3) is 0 Å². The van der Waals surface area contributed by atoms with Crippen molar-refractivity contribution in [3.8, 4) is 0 Å². The number of aromatic amines is 1. The third-order valence-corrected chi connectivity index (χ3v) is 3.89. The first-order valence-electron chi connectivity index (χ1n) is 5.51. The summed E-state index contributed by atoms with van der Waals surface area (Å²) in [7, 11) is 0. The lowest BCUT2D eigenvalue weighted by Crippen LogP contribution is -2.22. The van der Waals surface area contributed by atoms with Gasteiger partial charge in [0, 0.05) is 6.04 Å². The first-order chi connectivity index (χ1) is 8.16. The fourth-order valence-corrected chi connectivity index (χ4v) is 2.57. The molecule has 3 N–H and O–H groups in total. The highest BCUT2D eigenvalue weighted by atomic mass is 32.2. The number of nitrogens with zero attached hydrogens (tertiary/aromatic N) is 2. The summed E-state index contributed by atoms with van der Waals surface area (Å²) >= 11 is 1.61. The van der Waals surface area contributed by atoms with Gasteiger partial charge in [-0.05, 0) is 19.4 Å². The molecule has 0 radical (unpaired) electrons. The molecule has 0 bridgehead atoms. The number of nitrogens with one attached hydrogen (secondary N) is 1. The standard InChI is InChI=1S/C12H16N4S/c1-8-3-5-10(6-4-8)11(9(2)13)17-12-14-7-15-16-12/h3-7,9,11H,13H2,1-2H3,(H,14,15,16). The van der Waals surface area contributed by atoms with Gasteiger partial charge in [0.2, 0.25) is 0 Å². The van der Waals surface area contributed by atoms with Gasteiger partial charge in [-0.3, -0.25) is 5.10 Å². The van der Waals surface area contributed by atoms with Gasteiger partial charge in [0.15, 0.2) is 5.16 Å². The largest absolute Gasteiger partial charge is 0.327 e. The monoisotopic (exact) mass is 248 g/mol. The zero-order valence-corrected chi connectivity index (χ0v) is 10.7. The molecule has 0 spiro atoms. The Labute approximate surface area is 105 Å². The number of rotatable bonds is 4. The maximum atomic E-state index is 6.04. The van der Waals surface area contributed by atoms with Crippen LogP contribution in [-0.2, 0) is 0 Å². The van der Waals surface area contributed by atoms with Crippen LogP contribution >= 0.6 is 11.8 Å². The zero-order valence-electron chi connectivity index (χ0n) is 9.92. The van der Waals surface area contributed by atoms with E-state index in [-0.39, 0.29) is 11.3 Å². The molecule has 90 valence electrons. The molecule has 1 aromatic heterocycles. The lowest BCUT2D eigenvalue weighted by atomic mass is 10.1. The Morgan fingerprint density at radius 2 is 2.00 bits per heavy atom. The molecule has 0 aliphatic carbocycles. The summed E-state index contributed by atoms with van der Waals surface area (Å²) in [5.41, 5.74) is 8.51. The maximum absolute atomic E-state index is 6.04. The van der Waals surface area contributed by atoms with E-state index >= 15 is 0 Å². The number of aromatic nitrogens is 3. The second-order valence-electron chi connectivity index (χ2n) is 4.10. The molecule has 2 aromatic rings. The summed E-state index contributed by atoms with van der Waals surface area (Å²) < 4.78 is 0. The molecule has 2 rings (SSSR count). The highest BCUT2D eigenvalue weighted by molar-refractivity contribution is 7.99. The van der Waals surface area contributed by atoms with E-state index < -0.39 is 0 Å². The number of nitrogens with two attached hydrogens (primary N) is 1. The molecular weight excluding hydrogens is 232 g/mol. The predicted octanol–water partition coefficient (Wildman–Crippen LogP) is 2.29. The molecule has 1 aromatic carbocycles. The third-order valence-electron chi connectivity index (χ3n) is 2.51. The van der Waals surface area contributed by atoms with Gasteiger partial charge < -0.3 is 5.73 Å². The van der Waals surface area contributed by atoms with Crippen LogP contribution in [-0.4, -0.2) is 21.2 Å². The Bertz CT molecular complexity index is 450. The fraction of sp³-hybridized carbons (Fsp3) is 0.333. The Hall–Kier alpha value is -1.33. The van der Waals surface area contributed by atoms with Crippen molar-refractivity contribution in [2.24, 2.45) is 5.73 Å². The van der Waals surface area contributed by atoms with Gasteiger partial charge >= 0.3 is 0 Å². The maximum Gasteiger partial charge on any atom is 0.184 e. The molecule has 17 heavy (non-hydrogen) atoms. The average molecular weight is 248 g/mol. The number of H-pyrrole nitrogens is 1. The first-order valence-corrected chi connectivity index (χ1v) is 6.39. The van der Waals surface area contributed by atoms with Crippen LogP contribution < -0.4 is 5.73 Å². The van der Waals surface area contributed by atoms with Crippen molar-refractivity contribution < 1.29 is 0 Å². The summed E-state index contributed by atoms with van der Waals surface area (Å²) in [6, 6.07) is 8.49. The molecule has 0 saturated carbocycles. The molecule has 1 heterocycles. The van der Waals surface area contributed by atoms with E-state index in [4.69, 9.17) is 5.73 Å². The van der Waals surface area contributed by atoms with Crippen LogP contribution in [0.3, 0.4) is 0 Å². The fourth-order valence-electron chi connectivity index (χ4n) is 1.61. The van der Waals surface area contributed by atoms with Crippen LogP contribution in [0.2, 0.25) is 0 Å². The van der Waals surface area contributed by atoms with Gasteiger partial charge in [0.25, 0.3) is 0 Å². The second kappa shape index (κ2) is 5.33. The molecule has 4 nitrogen and oxygen atoms in total. The van der Waals surface area contributed by atoms with Crippen molar-refractivity contribution in [2.45, 2.75) is 30.3 Å². The molecule has 0 aliphatic rings. The quantitative estimate of drug-likeness (QED) is 0.815. The van der Waals surface area contributed by atoms with Crippen LogP contribution in [0.4, 0.5) is 0 Å². The van der Waals surface area contributed by atoms with E-state index in [0.717, 1.165) is 5.16 Å². The summed E-state index contributed by atoms with van der Waals surface area (Å²) in [4.78, 5) is 4.12. The lowest BCUT2D eigenvalue weighted by molar-refractivity contribution is 0.718. The average Bonchev–Trinajstić information content (AvgIpc) is 2.80. The van der Waals surface area contributed by atoms with E-state index in [1.807, 2.05) is 6.92 Å². The molecule has 5 heteroatoms. The molecule has 0 fully saturated rings. The minimum atomic E-state index is 0.0489. The van der Waals surface area contributed by atoms with Gasteiger partial charge in [-0.25, -0.2) is 4.98 Å². The number of thioether (sulfide) groups is 1. The minimum Gasteiger partial charge on any atom is -0.327 e. The Kier molecular flexibility index (Phi) is 3.81. The van der Waals surface area contributed by atoms with Crippen molar-refractivity contribution in [3.63, 3.8) is 0 Å². The van der Waals surface area contributed by atoms with Gasteiger partial charge in [0.05, 0.1) is 5.25 Å². The van der Waals surface area contributed by atoms with Crippen LogP contribution in [0.5, 0.6) is 0 Å². The smallest absolute Gasteiger partial charge is 0.184 e. The summed E-state index contributed by atoms with van der Waals surface area (Å²) in [6.45, 7) is 4.09. The van der Waals surface area contributed by atoms with Crippen molar-refractivity contribution in [3.05, 3.63) is 41.7 Å². The zero-order chi connectivity index (χ0) is 12.3. The topological polar surface area (TPSA) is 67.6 Å². The molecular formula is C12H16N4S. The lowest BCUT2D eigenvalue weighted by Gasteiger charge is -2.19. The second-order valence-corrected chi connectivity index (χ2v) is 5.23.